The van der Waals surface area contributed by atoms with Crippen molar-refractivity contribution in [2.45, 2.75) is 64.3 Å². The van der Waals surface area contributed by atoms with E-state index in [4.69, 9.17) is 0 Å². The first-order valence-electron chi connectivity index (χ1n) is 9.89. The second-order valence-corrected chi connectivity index (χ2v) is 7.34. The molecular weight excluding hydrogens is 451 g/mol. The van der Waals surface area contributed by atoms with E-state index in [0.717, 1.165) is 25.3 Å². The Morgan fingerprint density at radius 1 is 1.15 bits per heavy atom. The molecule has 0 heterocycles. The summed E-state index contributed by atoms with van der Waals surface area (Å²) in [5.41, 5.74) is 2.59. The number of guanidine groups is 1. The fourth-order valence-corrected chi connectivity index (χ4v) is 3.32. The number of rotatable bonds is 7. The molecule has 1 aromatic carbocycles. The van der Waals surface area contributed by atoms with E-state index < -0.39 is 0 Å². The van der Waals surface area contributed by atoms with Gasteiger partial charge in [-0.1, -0.05) is 56.0 Å². The smallest absolute Gasteiger partial charge is 0.221 e. The van der Waals surface area contributed by atoms with Gasteiger partial charge >= 0.3 is 0 Å². The van der Waals surface area contributed by atoms with Crippen molar-refractivity contribution in [3.63, 3.8) is 0 Å². The number of halogens is 1. The van der Waals surface area contributed by atoms with Crippen LogP contribution in [0.4, 0.5) is 0 Å². The number of hydrogen-bond acceptors (Lipinski definition) is 2. The van der Waals surface area contributed by atoms with Crippen LogP contribution in [0.25, 0.3) is 0 Å². The van der Waals surface area contributed by atoms with Crippen molar-refractivity contribution in [1.82, 2.24) is 16.0 Å². The lowest BCUT2D eigenvalue weighted by molar-refractivity contribution is -0.121. The van der Waals surface area contributed by atoms with Crippen LogP contribution in [-0.4, -0.2) is 38.0 Å². The van der Waals surface area contributed by atoms with Crippen LogP contribution in [0, 0.1) is 6.92 Å². The highest BCUT2D eigenvalue weighted by Crippen LogP contribution is 2.17. The molecule has 0 spiro atoms. The Morgan fingerprint density at radius 3 is 2.44 bits per heavy atom. The minimum atomic E-state index is 0. The van der Waals surface area contributed by atoms with Gasteiger partial charge in [-0.15, -0.1) is 24.0 Å². The Morgan fingerprint density at radius 2 is 1.81 bits per heavy atom. The van der Waals surface area contributed by atoms with Crippen molar-refractivity contribution >= 4 is 35.8 Å². The molecule has 3 N–H and O–H groups in total. The monoisotopic (exact) mass is 486 g/mol. The molecule has 0 radical (unpaired) electrons. The number of aryl methyl sites for hydroxylation is 1. The summed E-state index contributed by atoms with van der Waals surface area (Å²) in [5.74, 6) is 1.27. The van der Waals surface area contributed by atoms with E-state index in [1.54, 1.807) is 7.05 Å². The third-order valence-electron chi connectivity index (χ3n) is 5.06. The lowest BCUT2D eigenvalue weighted by Gasteiger charge is -2.23. The maximum atomic E-state index is 12.0. The summed E-state index contributed by atoms with van der Waals surface area (Å²) in [6.07, 6.45) is 6.50. The predicted octanol–water partition coefficient (Wildman–Crippen LogP) is 3.72. The first-order valence-corrected chi connectivity index (χ1v) is 9.89. The van der Waals surface area contributed by atoms with Crippen LogP contribution in [0.3, 0.4) is 0 Å². The quantitative estimate of drug-likeness (QED) is 0.313. The molecule has 1 aromatic rings. The second-order valence-electron chi connectivity index (χ2n) is 7.34. The van der Waals surface area contributed by atoms with Crippen molar-refractivity contribution in [2.75, 3.05) is 20.1 Å². The number of amides is 1. The summed E-state index contributed by atoms with van der Waals surface area (Å²) >= 11 is 0. The van der Waals surface area contributed by atoms with Crippen molar-refractivity contribution in [2.24, 2.45) is 4.99 Å². The molecule has 0 aromatic heterocycles. The number of carbonyl (C=O) groups is 1. The van der Waals surface area contributed by atoms with Crippen LogP contribution in [-0.2, 0) is 4.79 Å². The molecule has 1 atom stereocenters. The molecule has 1 saturated carbocycles. The molecule has 152 valence electrons. The fourth-order valence-electron chi connectivity index (χ4n) is 3.32. The number of hydrogen-bond donors (Lipinski definition) is 3. The molecule has 1 amide bonds. The van der Waals surface area contributed by atoms with E-state index in [-0.39, 0.29) is 29.9 Å². The van der Waals surface area contributed by atoms with Crippen LogP contribution in [0.2, 0.25) is 0 Å². The largest absolute Gasteiger partial charge is 0.356 e. The van der Waals surface area contributed by atoms with Crippen LogP contribution in [0.5, 0.6) is 0 Å². The van der Waals surface area contributed by atoms with Crippen LogP contribution >= 0.6 is 24.0 Å². The predicted molar refractivity (Wildman–Crippen MR) is 124 cm³/mol. The molecule has 5 nitrogen and oxygen atoms in total. The van der Waals surface area contributed by atoms with Gasteiger partial charge in [0.15, 0.2) is 5.96 Å². The van der Waals surface area contributed by atoms with Gasteiger partial charge in [-0.25, -0.2) is 0 Å². The number of benzene rings is 1. The second kappa shape index (κ2) is 13.0. The number of carbonyl (C=O) groups excluding carboxylic acids is 1. The highest BCUT2D eigenvalue weighted by Gasteiger charge is 2.15. The molecule has 1 aliphatic rings. The van der Waals surface area contributed by atoms with Crippen LogP contribution < -0.4 is 16.0 Å². The van der Waals surface area contributed by atoms with Crippen LogP contribution in [0.1, 0.15) is 62.5 Å². The zero-order chi connectivity index (χ0) is 18.8. The fraction of sp³-hybridized carbons (Fsp3) is 0.619. The highest BCUT2D eigenvalue weighted by molar-refractivity contribution is 14.0. The number of aliphatic imine (C=N–C) groups is 1. The lowest BCUT2D eigenvalue weighted by atomic mass is 9.95. The minimum Gasteiger partial charge on any atom is -0.356 e. The zero-order valence-electron chi connectivity index (χ0n) is 16.9. The van der Waals surface area contributed by atoms with Gasteiger partial charge in [-0.05, 0) is 31.2 Å². The summed E-state index contributed by atoms with van der Waals surface area (Å²) in [7, 11) is 1.76. The topological polar surface area (TPSA) is 65.5 Å². The first-order chi connectivity index (χ1) is 12.6. The van der Waals surface area contributed by atoms with Gasteiger partial charge < -0.3 is 16.0 Å². The van der Waals surface area contributed by atoms with Gasteiger partial charge in [0.1, 0.15) is 0 Å². The van der Waals surface area contributed by atoms with Gasteiger partial charge in [-0.2, -0.15) is 0 Å². The molecule has 1 fully saturated rings. The van der Waals surface area contributed by atoms with E-state index in [9.17, 15) is 4.79 Å². The third-order valence-corrected chi connectivity index (χ3v) is 5.06. The van der Waals surface area contributed by atoms with E-state index in [1.165, 1.54) is 30.4 Å². The summed E-state index contributed by atoms with van der Waals surface area (Å²) in [5, 5.41) is 9.72. The SMILES string of the molecule is CN=C(NCCC(=O)NC1CCCCC1)NCC(C)c1ccc(C)cc1.I. The highest BCUT2D eigenvalue weighted by atomic mass is 127. The van der Waals surface area contributed by atoms with Gasteiger partial charge in [0.05, 0.1) is 0 Å². The summed E-state index contributed by atoms with van der Waals surface area (Å²) in [6, 6.07) is 9.01. The zero-order valence-corrected chi connectivity index (χ0v) is 19.2. The molecule has 0 bridgehead atoms. The molecule has 0 saturated heterocycles. The maximum Gasteiger partial charge on any atom is 0.221 e. The standard InChI is InChI=1S/C21H34N4O.HI/c1-16-9-11-18(12-10-16)17(2)15-24-21(22-3)23-14-13-20(26)25-19-7-5-4-6-8-19;/h9-12,17,19H,4-8,13-15H2,1-3H3,(H,25,26)(H2,22,23,24);1H. The van der Waals surface area contributed by atoms with E-state index in [0.29, 0.717) is 24.9 Å². The van der Waals surface area contributed by atoms with Gasteiger partial charge in [0.25, 0.3) is 0 Å². The first kappa shape index (κ1) is 23.7. The summed E-state index contributed by atoms with van der Waals surface area (Å²) in [6.45, 7) is 5.69. The van der Waals surface area contributed by atoms with Crippen LogP contribution in [0.15, 0.2) is 29.3 Å². The Hall–Kier alpha value is -1.31. The van der Waals surface area contributed by atoms with E-state index in [2.05, 4.69) is 59.1 Å². The molecule has 1 aliphatic carbocycles. The number of nitrogens with one attached hydrogen (secondary N) is 3. The average Bonchev–Trinajstić information content (AvgIpc) is 2.65. The molecule has 27 heavy (non-hydrogen) atoms. The van der Waals surface area contributed by atoms with E-state index >= 15 is 0 Å². The summed E-state index contributed by atoms with van der Waals surface area (Å²) in [4.78, 5) is 16.3. The molecule has 6 heteroatoms. The Bertz CT molecular complexity index is 582. The van der Waals surface area contributed by atoms with Crippen molar-refractivity contribution in [1.29, 1.82) is 0 Å². The Kier molecular flexibility index (Phi) is 11.4. The van der Waals surface area contributed by atoms with Gasteiger partial charge in [0.2, 0.25) is 5.91 Å². The molecule has 0 aliphatic heterocycles. The Balaban J connectivity index is 0.00000364. The molecular formula is C21H35IN4O. The van der Waals surface area contributed by atoms with Crippen molar-refractivity contribution < 1.29 is 4.79 Å². The maximum absolute atomic E-state index is 12.0. The van der Waals surface area contributed by atoms with Crippen molar-refractivity contribution in [3.05, 3.63) is 35.4 Å². The third kappa shape index (κ3) is 8.95. The van der Waals surface area contributed by atoms with Crippen molar-refractivity contribution in [3.8, 4) is 0 Å². The van der Waals surface area contributed by atoms with Gasteiger partial charge in [-0.3, -0.25) is 9.79 Å². The van der Waals surface area contributed by atoms with Gasteiger partial charge in [0, 0.05) is 32.6 Å². The molecule has 2 rings (SSSR count). The normalized spacial score (nSPS) is 16.2. The number of nitrogens with zero attached hydrogens (tertiary/aromatic N) is 1. The minimum absolute atomic E-state index is 0. The summed E-state index contributed by atoms with van der Waals surface area (Å²) < 4.78 is 0. The van der Waals surface area contributed by atoms with E-state index in [1.807, 2.05) is 0 Å². The lowest BCUT2D eigenvalue weighted by Crippen LogP contribution is -2.42. The molecule has 1 unspecified atom stereocenters. The average molecular weight is 486 g/mol. The Labute approximate surface area is 181 Å².